The Labute approximate surface area is 349 Å². The van der Waals surface area contributed by atoms with Crippen molar-refractivity contribution in [1.82, 2.24) is 7.50 Å². The van der Waals surface area contributed by atoms with E-state index in [1.54, 1.807) is 0 Å². The highest BCUT2D eigenvalue weighted by atomic mass is 127. The molecule has 0 bridgehead atoms. The maximum Gasteiger partial charge on any atom is 0.537 e. The molecule has 284 valence electrons. The molecule has 3 heterocycles. The van der Waals surface area contributed by atoms with Gasteiger partial charge in [-0.25, -0.2) is 0 Å². The second-order valence-corrected chi connectivity index (χ2v) is 20.3. The van der Waals surface area contributed by atoms with Crippen LogP contribution in [0.4, 0.5) is 8.63 Å². The van der Waals surface area contributed by atoms with Crippen LogP contribution < -0.4 is 0 Å². The number of aromatic nitrogens is 1. The second kappa shape index (κ2) is 14.3. The van der Waals surface area contributed by atoms with Crippen LogP contribution in [-0.2, 0) is 10.8 Å². The molecule has 0 aliphatic carbocycles. The zero-order chi connectivity index (χ0) is 39.7. The van der Waals surface area contributed by atoms with E-state index in [4.69, 9.17) is 23.2 Å². The summed E-state index contributed by atoms with van der Waals surface area (Å²) in [6.45, 7) is 10.5. The molecule has 8 heteroatoms. The van der Waals surface area contributed by atoms with Crippen molar-refractivity contribution in [1.29, 1.82) is 0 Å². The lowest BCUT2D eigenvalue weighted by Gasteiger charge is -2.49. The fourth-order valence-electron chi connectivity index (χ4n) is 7.72. The van der Waals surface area contributed by atoms with Gasteiger partial charge in [0.05, 0.1) is 10.0 Å². The number of aryl methyl sites for hydroxylation is 1. The van der Waals surface area contributed by atoms with Gasteiger partial charge < -0.3 is 16.1 Å². The molecule has 1 aromatic heterocycles. The molecule has 0 atom stereocenters. The summed E-state index contributed by atoms with van der Waals surface area (Å²) in [6.07, 6.45) is 2.13. The number of hydrogen-bond donors (Lipinski definition) is 0. The zero-order valence-corrected chi connectivity index (χ0v) is 36.2. The highest BCUT2D eigenvalue weighted by Gasteiger charge is 2.48. The second-order valence-electron chi connectivity index (χ2n) is 16.8. The third-order valence-corrected chi connectivity index (χ3v) is 14.4. The van der Waals surface area contributed by atoms with Crippen molar-refractivity contribution >= 4 is 65.8 Å². The van der Waals surface area contributed by atoms with Gasteiger partial charge in [0.15, 0.2) is 0 Å². The first-order valence-electron chi connectivity index (χ1n) is 18.9. The summed E-state index contributed by atoms with van der Waals surface area (Å²) < 4.78 is 40.6. The first kappa shape index (κ1) is 38.6. The summed E-state index contributed by atoms with van der Waals surface area (Å²) >= 11 is 13.0. The Bertz CT molecular complexity index is 2550. The number of nitrogens with zero attached hydrogens (tertiary/aromatic N) is 2. The highest BCUT2D eigenvalue weighted by Crippen LogP contribution is 2.56. The molecule has 2 aliphatic rings. The van der Waals surface area contributed by atoms with Crippen molar-refractivity contribution in [2.24, 2.45) is 0 Å². The first-order chi connectivity index (χ1) is 26.5. The minimum absolute atomic E-state index is 0.0426. The van der Waals surface area contributed by atoms with Gasteiger partial charge >= 0.3 is 6.97 Å². The summed E-state index contributed by atoms with van der Waals surface area (Å²) in [6, 6.07) is 41.8. The Balaban J connectivity index is 1.52. The summed E-state index contributed by atoms with van der Waals surface area (Å²) in [4.78, 5) is 0. The van der Waals surface area contributed by atoms with Gasteiger partial charge in [0.2, 0.25) is 0 Å². The SMILES string of the molecule is Cc1cc(Cl)c(C2=C3C(c4ccccc4)=CC(c4ccc(C(C)(C)C)cc4)=IN3[B-](F)(F)n3c(-c4ccc(C(C)(C)C)cc4)cc(-c4ccccc4)c32)c(Cl)c1. The van der Waals surface area contributed by atoms with Crippen LogP contribution in [0.5, 0.6) is 0 Å². The monoisotopic (exact) mass is 893 g/mol. The maximum atomic E-state index is 18.5. The molecule has 0 N–H and O–H groups in total. The molecule has 0 unspecified atom stereocenters. The average Bonchev–Trinajstić information content (AvgIpc) is 3.57. The van der Waals surface area contributed by atoms with Gasteiger partial charge in [-0.05, 0) is 102 Å². The molecular formula is C48H43BCl2F2IN2-. The van der Waals surface area contributed by atoms with Crippen LogP contribution >= 0.6 is 44.2 Å². The molecule has 8 rings (SSSR count). The Morgan fingerprint density at radius 1 is 0.607 bits per heavy atom. The molecule has 0 saturated heterocycles. The zero-order valence-electron chi connectivity index (χ0n) is 32.6. The molecular weight excluding hydrogens is 851 g/mol. The van der Waals surface area contributed by atoms with E-state index in [0.717, 1.165) is 31.3 Å². The highest BCUT2D eigenvalue weighted by molar-refractivity contribution is 14.2. The van der Waals surface area contributed by atoms with Crippen LogP contribution in [0.25, 0.3) is 33.5 Å². The lowest BCUT2D eigenvalue weighted by atomic mass is 9.81. The van der Waals surface area contributed by atoms with Crippen LogP contribution in [0.3, 0.4) is 0 Å². The molecule has 2 nitrogen and oxygen atoms in total. The quantitative estimate of drug-likeness (QED) is 0.0951. The van der Waals surface area contributed by atoms with E-state index < -0.39 is 28.0 Å². The number of benzene rings is 5. The number of rotatable bonds is 5. The van der Waals surface area contributed by atoms with E-state index in [0.29, 0.717) is 55.0 Å². The summed E-state index contributed by atoms with van der Waals surface area (Å²) in [5.74, 6) is 0. The van der Waals surface area contributed by atoms with E-state index >= 15 is 8.63 Å². The van der Waals surface area contributed by atoms with Gasteiger partial charge in [-0.15, -0.1) is 0 Å². The molecule has 5 aromatic carbocycles. The summed E-state index contributed by atoms with van der Waals surface area (Å²) in [7, 11) is 0. The summed E-state index contributed by atoms with van der Waals surface area (Å²) in [5.41, 5.74) is 10.2. The normalized spacial score (nSPS) is 15.4. The third-order valence-electron chi connectivity index (χ3n) is 10.7. The topological polar surface area (TPSA) is 8.17 Å². The Morgan fingerprint density at radius 3 is 1.62 bits per heavy atom. The smallest absolute Gasteiger partial charge is 0.439 e. The standard InChI is InChI=1S/C48H43BCl2F2IN2/c1-30-26-39(50)43(40(51)27-30)44-45-38(32-16-12-9-13-17-32)29-42(34-20-24-36(25-21-34)48(5,6)7)55(45)49(52,53)56-46(44)37(31-14-10-8-11-15-31)28-41(54-56)33-18-22-35(23-19-33)47(2,3)4/h8-29H,1-7H3/q-1. The molecule has 0 saturated carbocycles. The van der Waals surface area contributed by atoms with Crippen LogP contribution in [0, 0.1) is 6.92 Å². The Morgan fingerprint density at radius 2 is 1.11 bits per heavy atom. The van der Waals surface area contributed by atoms with Crippen LogP contribution in [-0.4, -0.2) is 18.0 Å². The van der Waals surface area contributed by atoms with Gasteiger partial charge in [-0.2, -0.15) is 0 Å². The first-order valence-corrected chi connectivity index (χ1v) is 21.7. The van der Waals surface area contributed by atoms with Gasteiger partial charge in [-0.3, -0.25) is 0 Å². The molecule has 6 aromatic rings. The van der Waals surface area contributed by atoms with E-state index in [1.165, 1.54) is 13.1 Å². The van der Waals surface area contributed by atoms with E-state index in [1.807, 2.05) is 97.9 Å². The average molecular weight is 895 g/mol. The number of fused-ring (bicyclic) bond motifs is 2. The number of halogens is 5. The molecule has 0 amide bonds. The van der Waals surface area contributed by atoms with E-state index in [2.05, 4.69) is 84.0 Å². The molecule has 56 heavy (non-hydrogen) atoms. The molecule has 0 fully saturated rings. The van der Waals surface area contributed by atoms with Crippen LogP contribution in [0.15, 0.2) is 139 Å². The predicted molar refractivity (Wildman–Crippen MR) is 244 cm³/mol. The molecule has 2 aliphatic heterocycles. The van der Waals surface area contributed by atoms with Crippen molar-refractivity contribution in [3.8, 4) is 22.4 Å². The Hall–Kier alpha value is -4.24. The van der Waals surface area contributed by atoms with Crippen molar-refractivity contribution in [2.75, 3.05) is 0 Å². The minimum Gasteiger partial charge on any atom is -0.439 e. The minimum atomic E-state index is -4.43. The molecule has 0 spiro atoms. The predicted octanol–water partition coefficient (Wildman–Crippen LogP) is 14.5. The van der Waals surface area contributed by atoms with Crippen molar-refractivity contribution in [2.45, 2.75) is 59.3 Å². The Kier molecular flexibility index (Phi) is 9.86. The van der Waals surface area contributed by atoms with Crippen LogP contribution in [0.2, 0.25) is 10.0 Å². The molecule has 0 radical (unpaired) electrons. The number of allylic oxidation sites excluding steroid dienone is 2. The van der Waals surface area contributed by atoms with Gasteiger partial charge in [-0.1, -0.05) is 174 Å². The van der Waals surface area contributed by atoms with Gasteiger partial charge in [0, 0.05) is 42.9 Å². The summed E-state index contributed by atoms with van der Waals surface area (Å²) in [5, 5.41) is 0.826. The van der Waals surface area contributed by atoms with Crippen molar-refractivity contribution < 1.29 is 8.63 Å². The third kappa shape index (κ3) is 6.82. The van der Waals surface area contributed by atoms with Crippen molar-refractivity contribution in [3.05, 3.63) is 188 Å². The largest absolute Gasteiger partial charge is 0.537 e. The van der Waals surface area contributed by atoms with Crippen molar-refractivity contribution in [3.63, 3.8) is 0 Å². The maximum absolute atomic E-state index is 18.5. The lowest BCUT2D eigenvalue weighted by molar-refractivity contribution is 0.494. The van der Waals surface area contributed by atoms with Gasteiger partial charge in [0.1, 0.15) is 0 Å². The van der Waals surface area contributed by atoms with E-state index in [9.17, 15) is 0 Å². The van der Waals surface area contributed by atoms with E-state index in [-0.39, 0.29) is 10.8 Å². The van der Waals surface area contributed by atoms with Crippen LogP contribution in [0.1, 0.15) is 80.6 Å². The fourth-order valence-corrected chi connectivity index (χ4v) is 11.5. The fraction of sp³-hybridized carbons (Fsp3) is 0.188. The lowest BCUT2D eigenvalue weighted by Crippen LogP contribution is -2.52. The van der Waals surface area contributed by atoms with Gasteiger partial charge in [0.25, 0.3) is 0 Å². The number of hydrogen-bond acceptors (Lipinski definition) is 1.